The number of rotatable bonds is 3. The van der Waals surface area contributed by atoms with Crippen LogP contribution in [0.25, 0.3) is 0 Å². The Labute approximate surface area is 75.6 Å². The fraction of sp³-hybridized carbons (Fsp3) is 1.00. The van der Waals surface area contributed by atoms with Gasteiger partial charge in [0, 0.05) is 0 Å². The van der Waals surface area contributed by atoms with Gasteiger partial charge in [0.1, 0.15) is 0 Å². The molecule has 74 valence electrons. The minimum Gasteiger partial charge on any atom is -0.218 e. The predicted octanol–water partition coefficient (Wildman–Crippen LogP) is 1.36. The lowest BCUT2D eigenvalue weighted by Crippen LogP contribution is -2.32. The van der Waals surface area contributed by atoms with Crippen LogP contribution in [0, 0.1) is 5.41 Å². The highest BCUT2D eigenvalue weighted by atomic mass is 32.2. The molecule has 0 saturated carbocycles. The molecule has 1 unspecified atom stereocenters. The van der Waals surface area contributed by atoms with E-state index >= 15 is 0 Å². The van der Waals surface area contributed by atoms with Crippen molar-refractivity contribution >= 4 is 10.0 Å². The van der Waals surface area contributed by atoms with E-state index in [1.165, 1.54) is 7.05 Å². The van der Waals surface area contributed by atoms with E-state index in [0.717, 1.165) is 0 Å². The van der Waals surface area contributed by atoms with Gasteiger partial charge in [-0.05, 0) is 25.8 Å². The molecule has 0 fully saturated rings. The lowest BCUT2D eigenvalue weighted by atomic mass is 9.91. The second kappa shape index (κ2) is 3.75. The maximum atomic E-state index is 11.3. The average Bonchev–Trinajstić information content (AvgIpc) is 1.84. The Balaban J connectivity index is 4.34. The monoisotopic (exact) mass is 193 g/mol. The minimum atomic E-state index is -3.08. The van der Waals surface area contributed by atoms with Crippen LogP contribution >= 0.6 is 0 Å². The molecule has 0 amide bonds. The lowest BCUT2D eigenvalue weighted by Gasteiger charge is -2.22. The highest BCUT2D eigenvalue weighted by Gasteiger charge is 2.24. The zero-order valence-electron chi connectivity index (χ0n) is 8.51. The normalized spacial score (nSPS) is 16.1. The van der Waals surface area contributed by atoms with Crippen LogP contribution in [0.4, 0.5) is 0 Å². The SMILES string of the molecule is CNS(=O)(=O)C(C)CC(C)(C)C. The molecule has 4 heteroatoms. The molecule has 12 heavy (non-hydrogen) atoms. The van der Waals surface area contributed by atoms with Crippen LogP contribution in [-0.2, 0) is 10.0 Å². The summed E-state index contributed by atoms with van der Waals surface area (Å²) in [6, 6.07) is 0. The van der Waals surface area contributed by atoms with E-state index in [1.54, 1.807) is 6.92 Å². The van der Waals surface area contributed by atoms with Gasteiger partial charge in [-0.3, -0.25) is 0 Å². The maximum absolute atomic E-state index is 11.3. The number of hydrogen-bond donors (Lipinski definition) is 1. The van der Waals surface area contributed by atoms with Crippen LogP contribution in [0.5, 0.6) is 0 Å². The fourth-order valence-electron chi connectivity index (χ4n) is 1.17. The molecule has 0 rings (SSSR count). The molecule has 1 N–H and O–H groups in total. The van der Waals surface area contributed by atoms with Crippen molar-refractivity contribution in [3.63, 3.8) is 0 Å². The highest BCUT2D eigenvalue weighted by Crippen LogP contribution is 2.23. The van der Waals surface area contributed by atoms with Gasteiger partial charge in [-0.1, -0.05) is 20.8 Å². The van der Waals surface area contributed by atoms with E-state index < -0.39 is 10.0 Å². The molecule has 3 nitrogen and oxygen atoms in total. The van der Waals surface area contributed by atoms with Crippen molar-refractivity contribution in [2.75, 3.05) is 7.05 Å². The van der Waals surface area contributed by atoms with Gasteiger partial charge in [0.2, 0.25) is 10.0 Å². The third-order valence-electron chi connectivity index (χ3n) is 1.71. The second-order valence-electron chi connectivity index (χ2n) is 4.32. The van der Waals surface area contributed by atoms with E-state index in [4.69, 9.17) is 0 Å². The summed E-state index contributed by atoms with van der Waals surface area (Å²) in [5.41, 5.74) is 0.0589. The molecule has 0 aliphatic carbocycles. The van der Waals surface area contributed by atoms with Crippen molar-refractivity contribution in [1.29, 1.82) is 0 Å². The van der Waals surface area contributed by atoms with E-state index in [9.17, 15) is 8.42 Å². The first-order valence-electron chi connectivity index (χ1n) is 4.11. The van der Waals surface area contributed by atoms with E-state index in [2.05, 4.69) is 4.72 Å². The average molecular weight is 193 g/mol. The summed E-state index contributed by atoms with van der Waals surface area (Å²) in [5.74, 6) is 0. The van der Waals surface area contributed by atoms with E-state index in [1.807, 2.05) is 20.8 Å². The van der Waals surface area contributed by atoms with Gasteiger partial charge in [0.25, 0.3) is 0 Å². The van der Waals surface area contributed by atoms with Gasteiger partial charge >= 0.3 is 0 Å². The third-order valence-corrected chi connectivity index (χ3v) is 3.51. The Bertz CT molecular complexity index is 226. The van der Waals surface area contributed by atoms with Gasteiger partial charge < -0.3 is 0 Å². The molecule has 0 aromatic carbocycles. The van der Waals surface area contributed by atoms with Crippen LogP contribution in [0.2, 0.25) is 0 Å². The van der Waals surface area contributed by atoms with E-state index in [0.29, 0.717) is 6.42 Å². The second-order valence-corrected chi connectivity index (χ2v) is 6.63. The predicted molar refractivity (Wildman–Crippen MR) is 51.5 cm³/mol. The smallest absolute Gasteiger partial charge is 0.213 e. The molecule has 0 spiro atoms. The molecular formula is C8H19NO2S. The largest absolute Gasteiger partial charge is 0.218 e. The summed E-state index contributed by atoms with van der Waals surface area (Å²) in [4.78, 5) is 0. The number of nitrogens with one attached hydrogen (secondary N) is 1. The van der Waals surface area contributed by atoms with Gasteiger partial charge in [-0.25, -0.2) is 13.1 Å². The van der Waals surface area contributed by atoms with Crippen LogP contribution in [0.1, 0.15) is 34.1 Å². The third kappa shape index (κ3) is 4.07. The first-order chi connectivity index (χ1) is 5.19. The summed E-state index contributed by atoms with van der Waals surface area (Å²) in [6.45, 7) is 7.84. The first-order valence-corrected chi connectivity index (χ1v) is 5.66. The molecule has 0 bridgehead atoms. The molecular weight excluding hydrogens is 174 g/mol. The fourth-order valence-corrected chi connectivity index (χ4v) is 2.30. The van der Waals surface area contributed by atoms with Crippen molar-refractivity contribution in [1.82, 2.24) is 4.72 Å². The summed E-state index contributed by atoms with van der Waals surface area (Å²) < 4.78 is 24.9. The zero-order valence-corrected chi connectivity index (χ0v) is 9.33. The highest BCUT2D eigenvalue weighted by molar-refractivity contribution is 7.90. The summed E-state index contributed by atoms with van der Waals surface area (Å²) in [7, 11) is -1.63. The molecule has 0 aromatic heterocycles. The van der Waals surface area contributed by atoms with Crippen LogP contribution in [-0.4, -0.2) is 20.7 Å². The Morgan fingerprint density at radius 2 is 1.75 bits per heavy atom. The molecule has 1 atom stereocenters. The minimum absolute atomic E-state index is 0.0589. The standard InChI is InChI=1S/C8H19NO2S/c1-7(6-8(2,3)4)12(10,11)9-5/h7,9H,6H2,1-5H3. The summed E-state index contributed by atoms with van der Waals surface area (Å²) in [5, 5.41) is -0.317. The van der Waals surface area contributed by atoms with Gasteiger partial charge in [-0.2, -0.15) is 0 Å². The van der Waals surface area contributed by atoms with Crippen molar-refractivity contribution < 1.29 is 8.42 Å². The Kier molecular flexibility index (Phi) is 3.72. The van der Waals surface area contributed by atoms with Crippen molar-refractivity contribution in [3.8, 4) is 0 Å². The van der Waals surface area contributed by atoms with Gasteiger partial charge in [0.05, 0.1) is 5.25 Å². The van der Waals surface area contributed by atoms with Crippen molar-refractivity contribution in [2.24, 2.45) is 5.41 Å². The van der Waals surface area contributed by atoms with Crippen molar-refractivity contribution in [2.45, 2.75) is 39.4 Å². The van der Waals surface area contributed by atoms with Crippen LogP contribution < -0.4 is 4.72 Å². The molecule has 0 radical (unpaired) electrons. The number of sulfonamides is 1. The molecule has 0 aliphatic rings. The van der Waals surface area contributed by atoms with Crippen molar-refractivity contribution in [3.05, 3.63) is 0 Å². The zero-order chi connectivity index (χ0) is 9.99. The van der Waals surface area contributed by atoms with E-state index in [-0.39, 0.29) is 10.7 Å². The molecule has 0 saturated heterocycles. The quantitative estimate of drug-likeness (QED) is 0.735. The maximum Gasteiger partial charge on any atom is 0.213 e. The van der Waals surface area contributed by atoms with Crippen LogP contribution in [0.15, 0.2) is 0 Å². The van der Waals surface area contributed by atoms with Gasteiger partial charge in [0.15, 0.2) is 0 Å². The van der Waals surface area contributed by atoms with Crippen LogP contribution in [0.3, 0.4) is 0 Å². The Morgan fingerprint density at radius 3 is 2.00 bits per heavy atom. The Morgan fingerprint density at radius 1 is 1.33 bits per heavy atom. The lowest BCUT2D eigenvalue weighted by molar-refractivity contribution is 0.371. The molecule has 0 heterocycles. The summed E-state index contributed by atoms with van der Waals surface area (Å²) >= 11 is 0. The topological polar surface area (TPSA) is 46.2 Å². The Hall–Kier alpha value is -0.0900. The van der Waals surface area contributed by atoms with Gasteiger partial charge in [-0.15, -0.1) is 0 Å². The molecule has 0 aromatic rings. The first kappa shape index (κ1) is 11.9. The summed E-state index contributed by atoms with van der Waals surface area (Å²) in [6.07, 6.45) is 0.677. The molecule has 0 aliphatic heterocycles. The number of hydrogen-bond acceptors (Lipinski definition) is 2.